The first-order valence-electron chi connectivity index (χ1n) is 12.3. The van der Waals surface area contributed by atoms with Gasteiger partial charge in [-0.25, -0.2) is 0 Å². The zero-order valence-corrected chi connectivity index (χ0v) is 19.3. The maximum absolute atomic E-state index is 13.3. The van der Waals surface area contributed by atoms with Crippen LogP contribution in [0.2, 0.25) is 0 Å². The molecule has 1 heterocycles. The van der Waals surface area contributed by atoms with Gasteiger partial charge in [-0.15, -0.1) is 0 Å². The molecule has 0 radical (unpaired) electrons. The van der Waals surface area contributed by atoms with Crippen LogP contribution in [0.5, 0.6) is 0 Å². The molecule has 1 N–H and O–H groups in total. The van der Waals surface area contributed by atoms with Crippen molar-refractivity contribution < 1.29 is 9.90 Å². The zero-order valence-electron chi connectivity index (χ0n) is 19.3. The summed E-state index contributed by atoms with van der Waals surface area (Å²) in [5.74, 6) is 1.98. The van der Waals surface area contributed by atoms with Crippen molar-refractivity contribution >= 4 is 5.78 Å². The number of hydrogen-bond donors (Lipinski definition) is 1. The molecule has 0 aromatic carbocycles. The predicted octanol–water partition coefficient (Wildman–Crippen LogP) is 4.24. The second-order valence-corrected chi connectivity index (χ2v) is 11.7. The highest BCUT2D eigenvalue weighted by Crippen LogP contribution is 2.68. The van der Waals surface area contributed by atoms with E-state index in [0.29, 0.717) is 29.2 Å². The highest BCUT2D eigenvalue weighted by Gasteiger charge is 2.63. The highest BCUT2D eigenvalue weighted by molar-refractivity contribution is 5.82. The lowest BCUT2D eigenvalue weighted by Gasteiger charge is -2.60. The molecule has 6 nitrogen and oxygen atoms in total. The summed E-state index contributed by atoms with van der Waals surface area (Å²) in [5.41, 5.74) is -0.451. The average molecular weight is 435 g/mol. The van der Waals surface area contributed by atoms with Crippen LogP contribution in [0.25, 0.3) is 0 Å². The quantitative estimate of drug-likeness (QED) is 0.766. The number of ketones is 1. The fourth-order valence-electron chi connectivity index (χ4n) is 8.60. The third kappa shape index (κ3) is 3.14. The normalized spacial score (nSPS) is 45.1. The number of fused-ring (bicyclic) bond motifs is 5. The maximum atomic E-state index is 13.3. The summed E-state index contributed by atoms with van der Waals surface area (Å²) in [5, 5.41) is 34.3. The molecule has 170 valence electrons. The van der Waals surface area contributed by atoms with E-state index >= 15 is 0 Å². The van der Waals surface area contributed by atoms with E-state index in [1.54, 1.807) is 10.9 Å². The molecule has 8 atom stereocenters. The Morgan fingerprint density at radius 2 is 1.97 bits per heavy atom. The minimum atomic E-state index is -0.635. The largest absolute Gasteiger partial charge is 0.390 e. The van der Waals surface area contributed by atoms with Gasteiger partial charge in [0.2, 0.25) is 0 Å². The fourth-order valence-corrected chi connectivity index (χ4v) is 8.60. The molecule has 4 aliphatic rings. The van der Waals surface area contributed by atoms with Crippen molar-refractivity contribution in [3.05, 3.63) is 18.0 Å². The second kappa shape index (κ2) is 7.42. The molecule has 0 saturated heterocycles. The van der Waals surface area contributed by atoms with Gasteiger partial charge in [0.1, 0.15) is 6.07 Å². The van der Waals surface area contributed by atoms with Gasteiger partial charge >= 0.3 is 0 Å². The number of carbonyl (C=O) groups is 1. The van der Waals surface area contributed by atoms with E-state index in [-0.39, 0.29) is 29.1 Å². The van der Waals surface area contributed by atoms with Crippen molar-refractivity contribution in [3.8, 4) is 12.1 Å². The van der Waals surface area contributed by atoms with Crippen LogP contribution in [0.1, 0.15) is 77.2 Å². The first-order chi connectivity index (χ1) is 15.2. The molecule has 1 aromatic rings. The monoisotopic (exact) mass is 434 g/mol. The van der Waals surface area contributed by atoms with Gasteiger partial charge in [0.25, 0.3) is 0 Å². The van der Waals surface area contributed by atoms with E-state index < -0.39 is 5.60 Å². The van der Waals surface area contributed by atoms with Crippen LogP contribution in [0, 0.1) is 63.1 Å². The summed E-state index contributed by atoms with van der Waals surface area (Å²) in [6.07, 6.45) is 11.6. The highest BCUT2D eigenvalue weighted by atomic mass is 16.3. The molecule has 0 aliphatic heterocycles. The van der Waals surface area contributed by atoms with Gasteiger partial charge < -0.3 is 5.11 Å². The lowest BCUT2D eigenvalue weighted by Crippen LogP contribution is -2.56. The van der Waals surface area contributed by atoms with Gasteiger partial charge in [-0.2, -0.15) is 15.6 Å². The summed E-state index contributed by atoms with van der Waals surface area (Å²) in [4.78, 5) is 13.3. The predicted molar refractivity (Wildman–Crippen MR) is 118 cm³/mol. The van der Waals surface area contributed by atoms with Gasteiger partial charge in [-0.05, 0) is 93.8 Å². The van der Waals surface area contributed by atoms with Crippen LogP contribution in [-0.4, -0.2) is 26.3 Å². The number of Topliss-reactive ketones (excluding diaryl/α,β-unsaturated/α-hetero) is 1. The third-order valence-corrected chi connectivity index (χ3v) is 10.1. The number of nitriles is 2. The van der Waals surface area contributed by atoms with Crippen LogP contribution < -0.4 is 0 Å². The number of rotatable bonds is 3. The SMILES string of the molecule is C[C@@]1(O)CC[C@@]2(C#N)[C@@H](CC[C@H]3[C@@H]4CC[C@H](C(=O)Cn5cc(C#N)cn5)[C@@]4(C)CC[C@@H]32)C1. The van der Waals surface area contributed by atoms with Crippen molar-refractivity contribution in [1.82, 2.24) is 9.78 Å². The van der Waals surface area contributed by atoms with Crippen LogP contribution in [0.4, 0.5) is 0 Å². The van der Waals surface area contributed by atoms with Gasteiger partial charge in [-0.3, -0.25) is 9.48 Å². The number of aromatic nitrogens is 2. The molecule has 0 unspecified atom stereocenters. The Bertz CT molecular complexity index is 1000. The molecule has 4 aliphatic carbocycles. The van der Waals surface area contributed by atoms with Crippen molar-refractivity contribution in [2.75, 3.05) is 0 Å². The molecule has 6 heteroatoms. The first kappa shape index (κ1) is 21.7. The standard InChI is InChI=1S/C26H34N4O2/c1-24(32)9-10-26(16-28)18(11-24)3-4-19-20-5-6-22(25(20,2)8-7-21(19)26)23(31)15-30-14-17(12-27)13-29-30/h13-14,18-22,32H,3-11,15H2,1-2H3/t18-,19-,20-,21-,22+,24+,25-,26+/m0/s1. The Balaban J connectivity index is 1.36. The van der Waals surface area contributed by atoms with E-state index in [0.717, 1.165) is 57.8 Å². The minimum absolute atomic E-state index is 0.00684. The zero-order chi connectivity index (χ0) is 22.7. The smallest absolute Gasteiger partial charge is 0.157 e. The van der Waals surface area contributed by atoms with E-state index in [4.69, 9.17) is 5.26 Å². The van der Waals surface area contributed by atoms with E-state index in [1.165, 1.54) is 6.20 Å². The van der Waals surface area contributed by atoms with Gasteiger partial charge in [0.05, 0.1) is 35.4 Å². The van der Waals surface area contributed by atoms with E-state index in [9.17, 15) is 15.2 Å². The maximum Gasteiger partial charge on any atom is 0.157 e. The number of carbonyl (C=O) groups excluding carboxylic acids is 1. The van der Waals surface area contributed by atoms with Gasteiger partial charge in [-0.1, -0.05) is 6.92 Å². The molecule has 5 rings (SSSR count). The van der Waals surface area contributed by atoms with Crippen molar-refractivity contribution in [3.63, 3.8) is 0 Å². The Kier molecular flexibility index (Phi) is 5.02. The lowest BCUT2D eigenvalue weighted by atomic mass is 9.43. The molecule has 0 spiro atoms. The molecule has 32 heavy (non-hydrogen) atoms. The Morgan fingerprint density at radius 3 is 2.69 bits per heavy atom. The summed E-state index contributed by atoms with van der Waals surface area (Å²) < 4.78 is 1.60. The Hall–Kier alpha value is -2.18. The van der Waals surface area contributed by atoms with Gasteiger partial charge in [0, 0.05) is 12.1 Å². The number of hydrogen-bond acceptors (Lipinski definition) is 5. The second-order valence-electron chi connectivity index (χ2n) is 11.7. The van der Waals surface area contributed by atoms with Crippen molar-refractivity contribution in [2.24, 2.45) is 40.4 Å². The number of aliphatic hydroxyl groups is 1. The molecule has 4 saturated carbocycles. The average Bonchev–Trinajstić information content (AvgIpc) is 3.36. The minimum Gasteiger partial charge on any atom is -0.390 e. The first-order valence-corrected chi connectivity index (χ1v) is 12.3. The third-order valence-electron chi connectivity index (χ3n) is 10.1. The topological polar surface area (TPSA) is 103 Å². The Labute approximate surface area is 190 Å². The van der Waals surface area contributed by atoms with Crippen molar-refractivity contribution in [2.45, 2.75) is 83.8 Å². The molecule has 0 amide bonds. The van der Waals surface area contributed by atoms with Crippen LogP contribution >= 0.6 is 0 Å². The van der Waals surface area contributed by atoms with Crippen LogP contribution in [-0.2, 0) is 11.3 Å². The van der Waals surface area contributed by atoms with Crippen molar-refractivity contribution in [1.29, 1.82) is 10.5 Å². The van der Waals surface area contributed by atoms with Crippen LogP contribution in [0.15, 0.2) is 12.4 Å². The molecular formula is C26H34N4O2. The van der Waals surface area contributed by atoms with Gasteiger partial charge in [0.15, 0.2) is 5.78 Å². The molecule has 1 aromatic heterocycles. The summed E-state index contributed by atoms with van der Waals surface area (Å²) in [7, 11) is 0. The summed E-state index contributed by atoms with van der Waals surface area (Å²) in [6.45, 7) is 4.50. The summed E-state index contributed by atoms with van der Waals surface area (Å²) in [6, 6.07) is 4.88. The summed E-state index contributed by atoms with van der Waals surface area (Å²) >= 11 is 0. The molecule has 0 bridgehead atoms. The number of nitrogens with zero attached hydrogens (tertiary/aromatic N) is 4. The lowest BCUT2D eigenvalue weighted by molar-refractivity contribution is -0.140. The molecular weight excluding hydrogens is 400 g/mol. The van der Waals surface area contributed by atoms with E-state index in [1.807, 2.05) is 6.92 Å². The van der Waals surface area contributed by atoms with Crippen LogP contribution in [0.3, 0.4) is 0 Å². The van der Waals surface area contributed by atoms with E-state index in [2.05, 4.69) is 24.2 Å². The molecule has 4 fully saturated rings. The fraction of sp³-hybridized carbons (Fsp3) is 0.769. The Morgan fingerprint density at radius 1 is 1.16 bits per heavy atom.